The van der Waals surface area contributed by atoms with Gasteiger partial charge in [0.1, 0.15) is 5.75 Å². The molecule has 1 amide bonds. The molecule has 2 aromatic rings. The van der Waals surface area contributed by atoms with Gasteiger partial charge in [-0.3, -0.25) is 4.79 Å². The topological polar surface area (TPSA) is 41.6 Å². The zero-order valence-corrected chi connectivity index (χ0v) is 13.8. The van der Waals surface area contributed by atoms with Gasteiger partial charge in [-0.05, 0) is 30.3 Å². The fourth-order valence-corrected chi connectivity index (χ4v) is 2.74. The molecule has 0 aliphatic carbocycles. The van der Waals surface area contributed by atoms with E-state index < -0.39 is 0 Å². The maximum Gasteiger partial charge on any atom is 0.234 e. The second-order valence-corrected chi connectivity index (χ2v) is 5.98. The van der Waals surface area contributed by atoms with E-state index in [1.807, 2.05) is 67.5 Å². The van der Waals surface area contributed by atoms with Gasteiger partial charge in [-0.15, -0.1) is 11.8 Å². The summed E-state index contributed by atoms with van der Waals surface area (Å²) in [5.41, 5.74) is 1.81. The Hall–Kier alpha value is -2.14. The molecule has 0 aliphatic rings. The van der Waals surface area contributed by atoms with Crippen LogP contribution in [0.1, 0.15) is 0 Å². The van der Waals surface area contributed by atoms with E-state index in [9.17, 15) is 4.79 Å². The number of ether oxygens (including phenoxy) is 1. The first-order valence-electron chi connectivity index (χ1n) is 6.93. The lowest BCUT2D eigenvalue weighted by Gasteiger charge is -2.17. The Morgan fingerprint density at radius 1 is 1.18 bits per heavy atom. The zero-order chi connectivity index (χ0) is 15.9. The SMILES string of the molecule is COc1cccc(SCC(=O)Nc2ccccc2N(C)C)c1. The smallest absolute Gasteiger partial charge is 0.234 e. The second kappa shape index (κ2) is 7.75. The van der Waals surface area contributed by atoms with Gasteiger partial charge in [0.25, 0.3) is 0 Å². The highest BCUT2D eigenvalue weighted by Gasteiger charge is 2.08. The van der Waals surface area contributed by atoms with Crippen molar-refractivity contribution < 1.29 is 9.53 Å². The molecule has 0 radical (unpaired) electrons. The van der Waals surface area contributed by atoms with Crippen LogP contribution in [-0.4, -0.2) is 32.9 Å². The molecule has 0 fully saturated rings. The molecule has 0 spiro atoms. The van der Waals surface area contributed by atoms with Crippen LogP contribution in [0.2, 0.25) is 0 Å². The molecule has 2 rings (SSSR count). The van der Waals surface area contributed by atoms with Crippen molar-refractivity contribution in [1.29, 1.82) is 0 Å². The van der Waals surface area contributed by atoms with Crippen molar-refractivity contribution in [3.05, 3.63) is 48.5 Å². The monoisotopic (exact) mass is 316 g/mol. The molecule has 0 bridgehead atoms. The van der Waals surface area contributed by atoms with Gasteiger partial charge in [-0.2, -0.15) is 0 Å². The van der Waals surface area contributed by atoms with Gasteiger partial charge in [-0.25, -0.2) is 0 Å². The van der Waals surface area contributed by atoms with E-state index in [1.54, 1.807) is 7.11 Å². The summed E-state index contributed by atoms with van der Waals surface area (Å²) in [5, 5.41) is 2.96. The largest absolute Gasteiger partial charge is 0.497 e. The van der Waals surface area contributed by atoms with Crippen LogP contribution in [0.4, 0.5) is 11.4 Å². The minimum atomic E-state index is -0.0258. The second-order valence-electron chi connectivity index (χ2n) is 4.93. The number of benzene rings is 2. The fourth-order valence-electron chi connectivity index (χ4n) is 2.00. The predicted octanol–water partition coefficient (Wildman–Crippen LogP) is 3.49. The number of hydrogen-bond donors (Lipinski definition) is 1. The van der Waals surface area contributed by atoms with E-state index >= 15 is 0 Å². The van der Waals surface area contributed by atoms with Crippen molar-refractivity contribution in [2.75, 3.05) is 37.2 Å². The van der Waals surface area contributed by atoms with E-state index in [-0.39, 0.29) is 5.91 Å². The third-order valence-electron chi connectivity index (χ3n) is 3.07. The van der Waals surface area contributed by atoms with Crippen LogP contribution < -0.4 is 15.0 Å². The van der Waals surface area contributed by atoms with E-state index in [0.717, 1.165) is 22.0 Å². The third kappa shape index (κ3) is 4.43. The Morgan fingerprint density at radius 3 is 2.68 bits per heavy atom. The predicted molar refractivity (Wildman–Crippen MR) is 93.1 cm³/mol. The van der Waals surface area contributed by atoms with Crippen LogP contribution in [0, 0.1) is 0 Å². The summed E-state index contributed by atoms with van der Waals surface area (Å²) >= 11 is 1.49. The highest BCUT2D eigenvalue weighted by Crippen LogP contribution is 2.25. The first-order chi connectivity index (χ1) is 10.6. The summed E-state index contributed by atoms with van der Waals surface area (Å²) < 4.78 is 5.18. The van der Waals surface area contributed by atoms with Gasteiger partial charge in [0.05, 0.1) is 24.2 Å². The molecule has 0 saturated carbocycles. The number of nitrogens with zero attached hydrogens (tertiary/aromatic N) is 1. The van der Waals surface area contributed by atoms with E-state index in [1.165, 1.54) is 11.8 Å². The molecule has 4 nitrogen and oxygen atoms in total. The minimum Gasteiger partial charge on any atom is -0.497 e. The molecule has 0 aliphatic heterocycles. The Balaban J connectivity index is 1.96. The molecule has 2 aromatic carbocycles. The summed E-state index contributed by atoms with van der Waals surface area (Å²) in [5.74, 6) is 1.13. The number of nitrogens with one attached hydrogen (secondary N) is 1. The number of thioether (sulfide) groups is 1. The van der Waals surface area contributed by atoms with Crippen LogP contribution in [-0.2, 0) is 4.79 Å². The quantitative estimate of drug-likeness (QED) is 0.828. The van der Waals surface area contributed by atoms with Crippen molar-refractivity contribution in [3.8, 4) is 5.75 Å². The molecule has 0 aromatic heterocycles. The number of rotatable bonds is 6. The summed E-state index contributed by atoms with van der Waals surface area (Å²) in [6.45, 7) is 0. The standard InChI is InChI=1S/C17H20N2O2S/c1-19(2)16-10-5-4-9-15(16)18-17(20)12-22-14-8-6-7-13(11-14)21-3/h4-11H,12H2,1-3H3,(H,18,20). The fraction of sp³-hybridized carbons (Fsp3) is 0.235. The van der Waals surface area contributed by atoms with Crippen LogP contribution >= 0.6 is 11.8 Å². The number of carbonyl (C=O) groups excluding carboxylic acids is 1. The summed E-state index contributed by atoms with van der Waals surface area (Å²) in [6.07, 6.45) is 0. The molecular weight excluding hydrogens is 296 g/mol. The first kappa shape index (κ1) is 16.2. The normalized spacial score (nSPS) is 10.1. The molecule has 0 unspecified atom stereocenters. The Bertz CT molecular complexity index is 644. The maximum atomic E-state index is 12.1. The van der Waals surface area contributed by atoms with Gasteiger partial charge in [-0.1, -0.05) is 18.2 Å². The van der Waals surface area contributed by atoms with Crippen molar-refractivity contribution in [2.45, 2.75) is 4.90 Å². The van der Waals surface area contributed by atoms with Gasteiger partial charge in [0, 0.05) is 19.0 Å². The summed E-state index contributed by atoms with van der Waals surface area (Å²) in [7, 11) is 5.54. The van der Waals surface area contributed by atoms with Crippen LogP contribution in [0.3, 0.4) is 0 Å². The van der Waals surface area contributed by atoms with Crippen molar-refractivity contribution >= 4 is 29.0 Å². The molecule has 1 N–H and O–H groups in total. The lowest BCUT2D eigenvalue weighted by molar-refractivity contribution is -0.113. The van der Waals surface area contributed by atoms with Gasteiger partial charge in [0.2, 0.25) is 5.91 Å². The molecule has 0 saturated heterocycles. The average Bonchev–Trinajstić information content (AvgIpc) is 2.53. The third-order valence-corrected chi connectivity index (χ3v) is 4.06. The Kier molecular flexibility index (Phi) is 5.72. The number of methoxy groups -OCH3 is 1. The van der Waals surface area contributed by atoms with Crippen LogP contribution in [0.15, 0.2) is 53.4 Å². The van der Waals surface area contributed by atoms with Crippen molar-refractivity contribution in [1.82, 2.24) is 0 Å². The van der Waals surface area contributed by atoms with Crippen LogP contribution in [0.5, 0.6) is 5.75 Å². The Morgan fingerprint density at radius 2 is 1.95 bits per heavy atom. The first-order valence-corrected chi connectivity index (χ1v) is 7.92. The average molecular weight is 316 g/mol. The number of hydrogen-bond acceptors (Lipinski definition) is 4. The van der Waals surface area contributed by atoms with E-state index in [4.69, 9.17) is 4.74 Å². The van der Waals surface area contributed by atoms with Crippen molar-refractivity contribution in [3.63, 3.8) is 0 Å². The van der Waals surface area contributed by atoms with Gasteiger partial charge >= 0.3 is 0 Å². The number of carbonyl (C=O) groups is 1. The van der Waals surface area contributed by atoms with Crippen LogP contribution in [0.25, 0.3) is 0 Å². The van der Waals surface area contributed by atoms with Gasteiger partial charge < -0.3 is 15.0 Å². The minimum absolute atomic E-state index is 0.0258. The number of para-hydroxylation sites is 2. The molecule has 0 atom stereocenters. The lowest BCUT2D eigenvalue weighted by Crippen LogP contribution is -2.17. The maximum absolute atomic E-state index is 12.1. The molecule has 5 heteroatoms. The number of anilines is 2. The lowest BCUT2D eigenvalue weighted by atomic mass is 10.2. The van der Waals surface area contributed by atoms with Gasteiger partial charge in [0.15, 0.2) is 0 Å². The molecule has 22 heavy (non-hydrogen) atoms. The highest BCUT2D eigenvalue weighted by atomic mass is 32.2. The molecule has 0 heterocycles. The molecular formula is C17H20N2O2S. The summed E-state index contributed by atoms with van der Waals surface area (Å²) in [6, 6.07) is 15.4. The highest BCUT2D eigenvalue weighted by molar-refractivity contribution is 8.00. The van der Waals surface area contributed by atoms with Crippen molar-refractivity contribution in [2.24, 2.45) is 0 Å². The Labute approximate surface area is 135 Å². The zero-order valence-electron chi connectivity index (χ0n) is 13.0. The van der Waals surface area contributed by atoms with E-state index in [0.29, 0.717) is 5.75 Å². The summed E-state index contributed by atoms with van der Waals surface area (Å²) in [4.78, 5) is 15.1. The molecule has 116 valence electrons. The van der Waals surface area contributed by atoms with E-state index in [2.05, 4.69) is 5.32 Å². The number of amides is 1.